The standard InChI is InChI=1S/C14H15FN2O3S/c1-8-12(13-10(15)3-2-4-11(13)16-8)14(18)17-9-5-6-21(19,20)7-9/h2-4,9,16H,5-7H2,1H3,(H,17,18). The minimum atomic E-state index is -3.07. The van der Waals surface area contributed by atoms with Crippen molar-refractivity contribution in [2.75, 3.05) is 11.5 Å². The normalized spacial score (nSPS) is 20.8. The monoisotopic (exact) mass is 310 g/mol. The molecule has 1 amide bonds. The predicted octanol–water partition coefficient (Wildman–Crippen LogP) is 1.53. The smallest absolute Gasteiger partial charge is 0.254 e. The Morgan fingerprint density at radius 2 is 2.19 bits per heavy atom. The van der Waals surface area contributed by atoms with Gasteiger partial charge in [-0.1, -0.05) is 6.07 Å². The summed E-state index contributed by atoms with van der Waals surface area (Å²) < 4.78 is 36.8. The van der Waals surface area contributed by atoms with Crippen LogP contribution in [-0.2, 0) is 9.84 Å². The Kier molecular flexibility index (Phi) is 3.24. The third-order valence-corrected chi connectivity index (χ3v) is 5.52. The van der Waals surface area contributed by atoms with Crippen molar-refractivity contribution in [2.24, 2.45) is 0 Å². The molecule has 0 bridgehead atoms. The van der Waals surface area contributed by atoms with Crippen molar-refractivity contribution in [3.8, 4) is 0 Å². The predicted molar refractivity (Wildman–Crippen MR) is 77.5 cm³/mol. The van der Waals surface area contributed by atoms with Crippen molar-refractivity contribution in [3.05, 3.63) is 35.3 Å². The third kappa shape index (κ3) is 2.53. The van der Waals surface area contributed by atoms with Crippen LogP contribution in [0.25, 0.3) is 10.9 Å². The highest BCUT2D eigenvalue weighted by Crippen LogP contribution is 2.25. The molecule has 21 heavy (non-hydrogen) atoms. The van der Waals surface area contributed by atoms with Gasteiger partial charge in [-0.05, 0) is 25.5 Å². The van der Waals surface area contributed by atoms with Crippen LogP contribution in [0.3, 0.4) is 0 Å². The second-order valence-corrected chi connectivity index (χ2v) is 7.59. The molecule has 0 saturated carbocycles. The van der Waals surface area contributed by atoms with E-state index in [0.29, 0.717) is 17.6 Å². The summed E-state index contributed by atoms with van der Waals surface area (Å²) in [6.45, 7) is 1.69. The van der Waals surface area contributed by atoms with E-state index in [4.69, 9.17) is 0 Å². The van der Waals surface area contributed by atoms with Gasteiger partial charge in [-0.25, -0.2) is 12.8 Å². The molecular weight excluding hydrogens is 295 g/mol. The van der Waals surface area contributed by atoms with Crippen molar-refractivity contribution in [3.63, 3.8) is 0 Å². The van der Waals surface area contributed by atoms with Crippen LogP contribution in [0, 0.1) is 12.7 Å². The molecule has 2 N–H and O–H groups in total. The quantitative estimate of drug-likeness (QED) is 0.883. The van der Waals surface area contributed by atoms with Gasteiger partial charge in [-0.15, -0.1) is 0 Å². The molecular formula is C14H15FN2O3S. The molecule has 0 spiro atoms. The number of sulfone groups is 1. The van der Waals surface area contributed by atoms with Crippen LogP contribution < -0.4 is 5.32 Å². The van der Waals surface area contributed by atoms with E-state index in [1.165, 1.54) is 6.07 Å². The van der Waals surface area contributed by atoms with Gasteiger partial charge in [0.05, 0.1) is 17.1 Å². The highest BCUT2D eigenvalue weighted by molar-refractivity contribution is 7.91. The molecule has 2 heterocycles. The van der Waals surface area contributed by atoms with Gasteiger partial charge in [0.15, 0.2) is 9.84 Å². The Balaban J connectivity index is 1.94. The van der Waals surface area contributed by atoms with Gasteiger partial charge in [-0.3, -0.25) is 4.79 Å². The molecule has 2 aromatic rings. The van der Waals surface area contributed by atoms with E-state index in [1.54, 1.807) is 19.1 Å². The second-order valence-electron chi connectivity index (χ2n) is 5.36. The average Bonchev–Trinajstić information content (AvgIpc) is 2.89. The first kappa shape index (κ1) is 14.1. The molecule has 1 fully saturated rings. The molecule has 3 rings (SSSR count). The van der Waals surface area contributed by atoms with E-state index in [2.05, 4.69) is 10.3 Å². The van der Waals surface area contributed by atoms with E-state index in [9.17, 15) is 17.6 Å². The number of aromatic nitrogens is 1. The Morgan fingerprint density at radius 3 is 2.86 bits per heavy atom. The number of benzene rings is 1. The summed E-state index contributed by atoms with van der Waals surface area (Å²) >= 11 is 0. The lowest BCUT2D eigenvalue weighted by Gasteiger charge is -2.11. The third-order valence-electron chi connectivity index (χ3n) is 3.76. The van der Waals surface area contributed by atoms with E-state index in [1.807, 2.05) is 0 Å². The number of carbonyl (C=O) groups excluding carboxylic acids is 1. The molecule has 1 atom stereocenters. The lowest BCUT2D eigenvalue weighted by Crippen LogP contribution is -2.35. The Hall–Kier alpha value is -1.89. The van der Waals surface area contributed by atoms with Crippen LogP contribution in [0.1, 0.15) is 22.5 Å². The number of rotatable bonds is 2. The summed E-state index contributed by atoms with van der Waals surface area (Å²) in [5, 5.41) is 2.94. The summed E-state index contributed by atoms with van der Waals surface area (Å²) in [6.07, 6.45) is 0.401. The summed E-state index contributed by atoms with van der Waals surface area (Å²) in [5.41, 5.74) is 1.36. The topological polar surface area (TPSA) is 79.0 Å². The molecule has 1 unspecified atom stereocenters. The summed E-state index contributed by atoms with van der Waals surface area (Å²) in [5.74, 6) is -0.881. The van der Waals surface area contributed by atoms with E-state index in [0.717, 1.165) is 0 Å². The lowest BCUT2D eigenvalue weighted by atomic mass is 10.1. The largest absolute Gasteiger partial charge is 0.358 e. The molecule has 1 aliphatic rings. The fraction of sp³-hybridized carbons (Fsp3) is 0.357. The van der Waals surface area contributed by atoms with Crippen LogP contribution in [0.4, 0.5) is 4.39 Å². The maximum absolute atomic E-state index is 14.0. The zero-order valence-electron chi connectivity index (χ0n) is 11.4. The zero-order valence-corrected chi connectivity index (χ0v) is 12.3. The van der Waals surface area contributed by atoms with E-state index >= 15 is 0 Å². The number of nitrogens with one attached hydrogen (secondary N) is 2. The number of amides is 1. The average molecular weight is 310 g/mol. The van der Waals surface area contributed by atoms with E-state index < -0.39 is 27.6 Å². The maximum Gasteiger partial charge on any atom is 0.254 e. The Bertz CT molecular complexity index is 826. The highest BCUT2D eigenvalue weighted by Gasteiger charge is 2.30. The summed E-state index contributed by atoms with van der Waals surface area (Å²) in [7, 11) is -3.07. The number of carbonyl (C=O) groups is 1. The second kappa shape index (κ2) is 4.84. The fourth-order valence-corrected chi connectivity index (χ4v) is 4.46. The van der Waals surface area contributed by atoms with Crippen LogP contribution in [0.5, 0.6) is 0 Å². The van der Waals surface area contributed by atoms with Gasteiger partial charge in [0.2, 0.25) is 0 Å². The first-order valence-electron chi connectivity index (χ1n) is 6.65. The molecule has 1 saturated heterocycles. The van der Waals surface area contributed by atoms with Crippen molar-refractivity contribution in [1.82, 2.24) is 10.3 Å². The SMILES string of the molecule is Cc1[nH]c2cccc(F)c2c1C(=O)NC1CCS(=O)(=O)C1. The number of fused-ring (bicyclic) bond motifs is 1. The number of halogens is 1. The van der Waals surface area contributed by atoms with Crippen molar-refractivity contribution >= 4 is 26.6 Å². The van der Waals surface area contributed by atoms with Crippen LogP contribution in [0.2, 0.25) is 0 Å². The van der Waals surface area contributed by atoms with Crippen LogP contribution in [-0.4, -0.2) is 36.9 Å². The van der Waals surface area contributed by atoms with Gasteiger partial charge >= 0.3 is 0 Å². The molecule has 7 heteroatoms. The molecule has 1 aromatic heterocycles. The summed E-state index contributed by atoms with van der Waals surface area (Å²) in [4.78, 5) is 15.3. The minimum absolute atomic E-state index is 0.0530. The van der Waals surface area contributed by atoms with E-state index in [-0.39, 0.29) is 22.5 Å². The minimum Gasteiger partial charge on any atom is -0.358 e. The highest BCUT2D eigenvalue weighted by atomic mass is 32.2. The van der Waals surface area contributed by atoms with Gasteiger partial charge < -0.3 is 10.3 Å². The molecule has 112 valence electrons. The number of aryl methyl sites for hydroxylation is 1. The van der Waals surface area contributed by atoms with Crippen molar-refractivity contribution in [2.45, 2.75) is 19.4 Å². The van der Waals surface area contributed by atoms with Gasteiger partial charge in [0.25, 0.3) is 5.91 Å². The Labute approximate surface area is 121 Å². The zero-order chi connectivity index (χ0) is 15.2. The molecule has 1 aliphatic heterocycles. The first-order valence-corrected chi connectivity index (χ1v) is 8.47. The van der Waals surface area contributed by atoms with Gasteiger partial charge in [0.1, 0.15) is 5.82 Å². The molecule has 0 aliphatic carbocycles. The lowest BCUT2D eigenvalue weighted by molar-refractivity contribution is 0.0942. The number of aromatic amines is 1. The van der Waals surface area contributed by atoms with Gasteiger partial charge in [-0.2, -0.15) is 0 Å². The van der Waals surface area contributed by atoms with Gasteiger partial charge in [0, 0.05) is 22.6 Å². The maximum atomic E-state index is 14.0. The van der Waals surface area contributed by atoms with Crippen LogP contribution in [0.15, 0.2) is 18.2 Å². The first-order chi connectivity index (χ1) is 9.87. The number of H-pyrrole nitrogens is 1. The van der Waals surface area contributed by atoms with Crippen molar-refractivity contribution < 1.29 is 17.6 Å². The number of hydrogen-bond acceptors (Lipinski definition) is 3. The Morgan fingerprint density at radius 1 is 1.43 bits per heavy atom. The number of hydrogen-bond donors (Lipinski definition) is 2. The molecule has 0 radical (unpaired) electrons. The summed E-state index contributed by atoms with van der Waals surface area (Å²) in [6, 6.07) is 4.16. The van der Waals surface area contributed by atoms with Crippen LogP contribution >= 0.6 is 0 Å². The van der Waals surface area contributed by atoms with Crippen molar-refractivity contribution in [1.29, 1.82) is 0 Å². The molecule has 1 aromatic carbocycles. The fourth-order valence-electron chi connectivity index (χ4n) is 2.78. The molecule has 5 nitrogen and oxygen atoms in total.